The maximum absolute atomic E-state index is 13.6. The largest absolute Gasteiger partial charge is 0.507 e. The Kier molecular flexibility index (Phi) is 8.66. The Morgan fingerprint density at radius 2 is 1.60 bits per heavy atom. The molecule has 3 aromatic carbocycles. The highest BCUT2D eigenvalue weighted by Crippen LogP contribution is 2.49. The fourth-order valence-corrected chi connectivity index (χ4v) is 5.31. The average Bonchev–Trinajstić information content (AvgIpc) is 3.22. The monoisotopic (exact) mass is 587 g/mol. The van der Waals surface area contributed by atoms with Gasteiger partial charge >= 0.3 is 0 Å². The van der Waals surface area contributed by atoms with Crippen molar-refractivity contribution in [2.75, 3.05) is 39.9 Å². The molecule has 1 fully saturated rings. The molecule has 1 N–H and O–H groups in total. The summed E-state index contributed by atoms with van der Waals surface area (Å²) in [5, 5.41) is 11.7. The normalized spacial score (nSPS) is 16.2. The van der Waals surface area contributed by atoms with Gasteiger partial charge in [-0.2, -0.15) is 0 Å². The van der Waals surface area contributed by atoms with Crippen molar-refractivity contribution in [3.05, 3.63) is 75.3 Å². The van der Waals surface area contributed by atoms with Gasteiger partial charge in [0.1, 0.15) is 16.5 Å². The van der Waals surface area contributed by atoms with Crippen LogP contribution in [-0.4, -0.2) is 51.8 Å². The van der Waals surface area contributed by atoms with Crippen molar-refractivity contribution in [2.45, 2.75) is 13.0 Å². The standard InChI is InChI=1S/C29H27Cl2NO8/c1-6-40-17-9-7-8-16(13-17)32-24(15-10-11-20(36-2)21(12-15)37-3)22(26(34)29(32)35)25(33)18-14-19(30)28(39-5)23(31)27(18)38-4/h7-14,24,33H,6H2,1-5H3/b25-22+. The zero-order chi connectivity index (χ0) is 29.1. The number of hydrogen-bond acceptors (Lipinski definition) is 8. The van der Waals surface area contributed by atoms with Crippen LogP contribution in [0.3, 0.4) is 0 Å². The predicted molar refractivity (Wildman–Crippen MR) is 152 cm³/mol. The summed E-state index contributed by atoms with van der Waals surface area (Å²) in [7, 11) is 5.68. The summed E-state index contributed by atoms with van der Waals surface area (Å²) in [6.07, 6.45) is 0. The number of methoxy groups -OCH3 is 4. The minimum atomic E-state index is -1.08. The van der Waals surface area contributed by atoms with Crippen LogP contribution >= 0.6 is 23.2 Å². The van der Waals surface area contributed by atoms with Crippen LogP contribution in [0.25, 0.3) is 5.76 Å². The maximum atomic E-state index is 13.6. The third kappa shape index (κ3) is 4.98. The lowest BCUT2D eigenvalue weighted by Crippen LogP contribution is -2.29. The SMILES string of the molecule is CCOc1cccc(N2C(=O)C(=O)/C(=C(/O)c3cc(Cl)c(OC)c(Cl)c3OC)C2c2ccc(OC)c(OC)c2)c1. The molecule has 1 saturated heterocycles. The zero-order valence-corrected chi connectivity index (χ0v) is 23.9. The van der Waals surface area contributed by atoms with Gasteiger partial charge < -0.3 is 28.8 Å². The van der Waals surface area contributed by atoms with E-state index in [1.54, 1.807) is 42.5 Å². The third-order valence-corrected chi connectivity index (χ3v) is 6.99. The molecule has 0 saturated carbocycles. The number of carbonyl (C=O) groups excluding carboxylic acids is 2. The van der Waals surface area contributed by atoms with Crippen molar-refractivity contribution >= 4 is 46.3 Å². The van der Waals surface area contributed by atoms with Gasteiger partial charge in [-0.05, 0) is 42.8 Å². The molecule has 1 aliphatic heterocycles. The van der Waals surface area contributed by atoms with Crippen molar-refractivity contribution in [1.29, 1.82) is 0 Å². The van der Waals surface area contributed by atoms with Gasteiger partial charge in [0, 0.05) is 11.8 Å². The molecule has 1 heterocycles. The Bertz CT molecular complexity index is 1500. The van der Waals surface area contributed by atoms with E-state index in [1.807, 2.05) is 6.92 Å². The molecule has 0 spiro atoms. The number of amides is 1. The average molecular weight is 588 g/mol. The van der Waals surface area contributed by atoms with E-state index in [4.69, 9.17) is 46.9 Å². The van der Waals surface area contributed by atoms with Crippen LogP contribution in [-0.2, 0) is 9.59 Å². The topological polar surface area (TPSA) is 104 Å². The van der Waals surface area contributed by atoms with Crippen LogP contribution < -0.4 is 28.6 Å². The minimum absolute atomic E-state index is 0.00448. The van der Waals surface area contributed by atoms with Gasteiger partial charge in [0.25, 0.3) is 11.7 Å². The Labute approximate surface area is 241 Å². The molecule has 3 aromatic rings. The first kappa shape index (κ1) is 28.9. The van der Waals surface area contributed by atoms with Gasteiger partial charge in [0.2, 0.25) is 0 Å². The lowest BCUT2D eigenvalue weighted by atomic mass is 9.94. The lowest BCUT2D eigenvalue weighted by molar-refractivity contribution is -0.132. The maximum Gasteiger partial charge on any atom is 0.300 e. The van der Waals surface area contributed by atoms with E-state index < -0.39 is 23.5 Å². The molecule has 0 bridgehead atoms. The Morgan fingerprint density at radius 3 is 2.23 bits per heavy atom. The molecule has 1 amide bonds. The van der Waals surface area contributed by atoms with Crippen LogP contribution in [0.15, 0.2) is 54.1 Å². The summed E-state index contributed by atoms with van der Waals surface area (Å²) in [6.45, 7) is 2.24. The van der Waals surface area contributed by atoms with E-state index in [-0.39, 0.29) is 32.7 Å². The molecular formula is C29H27Cl2NO8. The van der Waals surface area contributed by atoms with Crippen molar-refractivity contribution in [3.63, 3.8) is 0 Å². The summed E-state index contributed by atoms with van der Waals surface area (Å²) in [5.41, 5.74) is 0.633. The van der Waals surface area contributed by atoms with Gasteiger partial charge in [-0.1, -0.05) is 35.3 Å². The molecule has 0 aromatic heterocycles. The van der Waals surface area contributed by atoms with Crippen molar-refractivity contribution in [2.24, 2.45) is 0 Å². The number of anilines is 1. The van der Waals surface area contributed by atoms with Crippen LogP contribution in [0, 0.1) is 0 Å². The van der Waals surface area contributed by atoms with Crippen LogP contribution in [0.2, 0.25) is 10.0 Å². The fraction of sp³-hybridized carbons (Fsp3) is 0.241. The Hall–Kier alpha value is -4.08. The van der Waals surface area contributed by atoms with E-state index in [1.165, 1.54) is 39.4 Å². The van der Waals surface area contributed by atoms with E-state index in [0.29, 0.717) is 35.1 Å². The van der Waals surface area contributed by atoms with Crippen molar-refractivity contribution < 1.29 is 38.4 Å². The highest BCUT2D eigenvalue weighted by molar-refractivity contribution is 6.52. The van der Waals surface area contributed by atoms with Crippen molar-refractivity contribution in [3.8, 4) is 28.7 Å². The second kappa shape index (κ2) is 12.0. The third-order valence-electron chi connectivity index (χ3n) is 6.37. The number of rotatable bonds is 9. The summed E-state index contributed by atoms with van der Waals surface area (Å²) in [5.74, 6) is -0.881. The number of Topliss-reactive ketones (excluding diaryl/α,β-unsaturated/α-hetero) is 1. The van der Waals surface area contributed by atoms with Gasteiger partial charge in [-0.15, -0.1) is 0 Å². The number of nitrogens with zero attached hydrogens (tertiary/aromatic N) is 1. The highest BCUT2D eigenvalue weighted by Gasteiger charge is 2.47. The molecule has 4 rings (SSSR count). The first-order valence-corrected chi connectivity index (χ1v) is 12.8. The molecule has 1 atom stereocenters. The predicted octanol–water partition coefficient (Wildman–Crippen LogP) is 6.05. The quantitative estimate of drug-likeness (QED) is 0.183. The second-order valence-corrected chi connectivity index (χ2v) is 9.29. The van der Waals surface area contributed by atoms with Gasteiger partial charge in [0.15, 0.2) is 23.0 Å². The zero-order valence-electron chi connectivity index (χ0n) is 22.4. The summed E-state index contributed by atoms with van der Waals surface area (Å²) >= 11 is 12.8. The molecule has 40 heavy (non-hydrogen) atoms. The number of aliphatic hydroxyl groups is 1. The van der Waals surface area contributed by atoms with Crippen LogP contribution in [0.4, 0.5) is 5.69 Å². The number of hydrogen-bond donors (Lipinski definition) is 1. The molecule has 9 nitrogen and oxygen atoms in total. The summed E-state index contributed by atoms with van der Waals surface area (Å²) in [4.78, 5) is 28.5. The first-order valence-electron chi connectivity index (χ1n) is 12.1. The first-order chi connectivity index (χ1) is 19.2. The molecule has 11 heteroatoms. The second-order valence-electron chi connectivity index (χ2n) is 8.50. The lowest BCUT2D eigenvalue weighted by Gasteiger charge is -2.26. The molecule has 0 radical (unpaired) electrons. The Morgan fingerprint density at radius 1 is 0.900 bits per heavy atom. The number of aliphatic hydroxyl groups excluding tert-OH is 1. The number of halogens is 2. The van der Waals surface area contributed by atoms with E-state index >= 15 is 0 Å². The van der Waals surface area contributed by atoms with Gasteiger partial charge in [-0.3, -0.25) is 14.5 Å². The highest BCUT2D eigenvalue weighted by atomic mass is 35.5. The van der Waals surface area contributed by atoms with Gasteiger partial charge in [-0.25, -0.2) is 0 Å². The van der Waals surface area contributed by atoms with E-state index in [2.05, 4.69) is 0 Å². The Balaban J connectivity index is 2.03. The minimum Gasteiger partial charge on any atom is -0.507 e. The molecular weight excluding hydrogens is 561 g/mol. The number of benzene rings is 3. The molecule has 0 aliphatic carbocycles. The number of ether oxygens (including phenoxy) is 5. The van der Waals surface area contributed by atoms with Crippen LogP contribution in [0.1, 0.15) is 24.1 Å². The molecule has 210 valence electrons. The van der Waals surface area contributed by atoms with E-state index in [0.717, 1.165) is 0 Å². The molecule has 1 unspecified atom stereocenters. The summed E-state index contributed by atoms with van der Waals surface area (Å²) in [6, 6.07) is 12.0. The number of ketones is 1. The summed E-state index contributed by atoms with van der Waals surface area (Å²) < 4.78 is 27.2. The van der Waals surface area contributed by atoms with Crippen LogP contribution in [0.5, 0.6) is 28.7 Å². The molecule has 1 aliphatic rings. The fourth-order valence-electron chi connectivity index (χ4n) is 4.62. The van der Waals surface area contributed by atoms with Gasteiger partial charge in [0.05, 0.1) is 57.2 Å². The smallest absolute Gasteiger partial charge is 0.300 e. The van der Waals surface area contributed by atoms with E-state index in [9.17, 15) is 14.7 Å². The number of carbonyl (C=O) groups is 2. The van der Waals surface area contributed by atoms with Crippen molar-refractivity contribution in [1.82, 2.24) is 0 Å².